The molecule has 2 heterocycles. The Morgan fingerprint density at radius 3 is 2.83 bits per heavy atom. The Morgan fingerprint density at radius 1 is 1.21 bits per heavy atom. The van der Waals surface area contributed by atoms with Crippen molar-refractivity contribution >= 4 is 38.4 Å². The van der Waals surface area contributed by atoms with Crippen LogP contribution in [0.15, 0.2) is 57.9 Å². The molecule has 4 rings (SSSR count). The predicted molar refractivity (Wildman–Crippen MR) is 93.5 cm³/mol. The molecule has 0 aliphatic carbocycles. The number of ether oxygens (including phenoxy) is 1. The first-order valence-corrected chi connectivity index (χ1v) is 8.19. The number of thiazole rings is 1. The van der Waals surface area contributed by atoms with Gasteiger partial charge < -0.3 is 13.7 Å². The van der Waals surface area contributed by atoms with Crippen LogP contribution in [-0.2, 0) is 7.05 Å². The molecule has 0 spiro atoms. The number of carbonyl (C=O) groups is 1. The van der Waals surface area contributed by atoms with Gasteiger partial charge in [0.05, 0.1) is 17.3 Å². The van der Waals surface area contributed by atoms with Crippen molar-refractivity contribution in [3.05, 3.63) is 59.1 Å². The van der Waals surface area contributed by atoms with Crippen LogP contribution in [0.2, 0.25) is 0 Å². The number of benzene rings is 2. The Morgan fingerprint density at radius 2 is 2.04 bits per heavy atom. The summed E-state index contributed by atoms with van der Waals surface area (Å²) in [6.07, 6.45) is 0. The van der Waals surface area contributed by atoms with Crippen molar-refractivity contribution in [2.45, 2.75) is 0 Å². The zero-order valence-corrected chi connectivity index (χ0v) is 14.0. The van der Waals surface area contributed by atoms with Crippen LogP contribution >= 0.6 is 11.3 Å². The van der Waals surface area contributed by atoms with Gasteiger partial charge in [-0.3, -0.25) is 4.79 Å². The summed E-state index contributed by atoms with van der Waals surface area (Å²) in [7, 11) is 3.47. The van der Waals surface area contributed by atoms with Gasteiger partial charge in [0.2, 0.25) is 0 Å². The number of aromatic nitrogens is 1. The van der Waals surface area contributed by atoms with Crippen LogP contribution in [0.25, 0.3) is 21.2 Å². The standard InChI is InChI=1S/C18H14N2O3S/c1-20-12-7-3-4-9-15(12)24-18(20)19-17(21)14-10-11-6-5-8-13(22-2)16(11)23-14/h3-10H,1-2H3. The number of hydrogen-bond acceptors (Lipinski definition) is 4. The second-order valence-corrected chi connectivity index (χ2v) is 6.33. The lowest BCUT2D eigenvalue weighted by atomic mass is 10.2. The maximum Gasteiger partial charge on any atom is 0.315 e. The zero-order chi connectivity index (χ0) is 16.7. The van der Waals surface area contributed by atoms with E-state index in [-0.39, 0.29) is 5.76 Å². The van der Waals surface area contributed by atoms with Gasteiger partial charge in [0.1, 0.15) is 0 Å². The Kier molecular flexibility index (Phi) is 3.46. The molecular weight excluding hydrogens is 324 g/mol. The topological polar surface area (TPSA) is 56.7 Å². The lowest BCUT2D eigenvalue weighted by Crippen LogP contribution is -2.12. The summed E-state index contributed by atoms with van der Waals surface area (Å²) in [4.78, 5) is 17.4. The third kappa shape index (κ3) is 2.32. The number of furan rings is 1. The molecule has 6 heteroatoms. The average Bonchev–Trinajstić information content (AvgIpc) is 3.17. The fourth-order valence-electron chi connectivity index (χ4n) is 2.63. The van der Waals surface area contributed by atoms with Crippen molar-refractivity contribution in [2.24, 2.45) is 12.0 Å². The summed E-state index contributed by atoms with van der Waals surface area (Å²) in [6.45, 7) is 0. The molecule has 24 heavy (non-hydrogen) atoms. The maximum absolute atomic E-state index is 12.5. The van der Waals surface area contributed by atoms with Gasteiger partial charge in [-0.1, -0.05) is 35.6 Å². The Hall–Kier alpha value is -2.86. The molecule has 0 saturated heterocycles. The average molecular weight is 338 g/mol. The number of fused-ring (bicyclic) bond motifs is 2. The summed E-state index contributed by atoms with van der Waals surface area (Å²) in [5.74, 6) is 0.390. The molecule has 0 N–H and O–H groups in total. The first-order chi connectivity index (χ1) is 11.7. The van der Waals surface area contributed by atoms with E-state index in [4.69, 9.17) is 9.15 Å². The summed E-state index contributed by atoms with van der Waals surface area (Å²) < 4.78 is 13.9. The first-order valence-electron chi connectivity index (χ1n) is 7.37. The number of aryl methyl sites for hydroxylation is 1. The van der Waals surface area contributed by atoms with Gasteiger partial charge in [0.15, 0.2) is 21.9 Å². The van der Waals surface area contributed by atoms with E-state index >= 15 is 0 Å². The zero-order valence-electron chi connectivity index (χ0n) is 13.1. The fourth-order valence-corrected chi connectivity index (χ4v) is 3.65. The number of para-hydroxylation sites is 2. The van der Waals surface area contributed by atoms with Gasteiger partial charge in [-0.15, -0.1) is 0 Å². The van der Waals surface area contributed by atoms with Gasteiger partial charge in [0, 0.05) is 12.4 Å². The lowest BCUT2D eigenvalue weighted by Gasteiger charge is -1.98. The van der Waals surface area contributed by atoms with Crippen molar-refractivity contribution in [1.82, 2.24) is 4.57 Å². The molecule has 0 fully saturated rings. The monoisotopic (exact) mass is 338 g/mol. The summed E-state index contributed by atoms with van der Waals surface area (Å²) in [5, 5.41) is 0.814. The minimum absolute atomic E-state index is 0.201. The summed E-state index contributed by atoms with van der Waals surface area (Å²) in [5.41, 5.74) is 1.60. The summed E-state index contributed by atoms with van der Waals surface area (Å²) in [6, 6.07) is 15.2. The van der Waals surface area contributed by atoms with Gasteiger partial charge in [-0.25, -0.2) is 0 Å². The number of methoxy groups -OCH3 is 1. The molecule has 1 amide bonds. The van der Waals surface area contributed by atoms with Gasteiger partial charge >= 0.3 is 5.91 Å². The van der Waals surface area contributed by atoms with Crippen LogP contribution in [0, 0.1) is 0 Å². The van der Waals surface area contributed by atoms with Crippen molar-refractivity contribution in [1.29, 1.82) is 0 Å². The third-order valence-electron chi connectivity index (χ3n) is 3.85. The fraction of sp³-hybridized carbons (Fsp3) is 0.111. The van der Waals surface area contributed by atoms with E-state index in [2.05, 4.69) is 4.99 Å². The molecule has 0 atom stereocenters. The van der Waals surface area contributed by atoms with E-state index in [1.165, 1.54) is 11.3 Å². The van der Waals surface area contributed by atoms with Crippen LogP contribution < -0.4 is 9.54 Å². The van der Waals surface area contributed by atoms with E-state index in [0.29, 0.717) is 16.1 Å². The van der Waals surface area contributed by atoms with E-state index in [1.54, 1.807) is 19.2 Å². The second kappa shape index (κ2) is 5.65. The lowest BCUT2D eigenvalue weighted by molar-refractivity contribution is 0.0973. The van der Waals surface area contributed by atoms with E-state index in [0.717, 1.165) is 15.6 Å². The number of rotatable bonds is 2. The second-order valence-electron chi connectivity index (χ2n) is 5.32. The molecule has 4 aromatic rings. The number of carbonyl (C=O) groups excluding carboxylic acids is 1. The molecule has 0 unspecified atom stereocenters. The van der Waals surface area contributed by atoms with Crippen molar-refractivity contribution in [3.63, 3.8) is 0 Å². The highest BCUT2D eigenvalue weighted by molar-refractivity contribution is 7.16. The quantitative estimate of drug-likeness (QED) is 0.559. The summed E-state index contributed by atoms with van der Waals surface area (Å²) >= 11 is 1.47. The van der Waals surface area contributed by atoms with Crippen molar-refractivity contribution in [3.8, 4) is 5.75 Å². The maximum atomic E-state index is 12.5. The predicted octanol–water partition coefficient (Wildman–Crippen LogP) is 3.74. The third-order valence-corrected chi connectivity index (χ3v) is 4.96. The molecule has 0 radical (unpaired) electrons. The smallest absolute Gasteiger partial charge is 0.315 e. The highest BCUT2D eigenvalue weighted by atomic mass is 32.1. The molecule has 120 valence electrons. The highest BCUT2D eigenvalue weighted by Crippen LogP contribution is 2.28. The largest absolute Gasteiger partial charge is 0.493 e. The van der Waals surface area contributed by atoms with E-state index in [1.807, 2.05) is 48.0 Å². The minimum Gasteiger partial charge on any atom is -0.493 e. The first kappa shape index (κ1) is 14.7. The Balaban J connectivity index is 1.82. The van der Waals surface area contributed by atoms with E-state index in [9.17, 15) is 4.79 Å². The van der Waals surface area contributed by atoms with Crippen molar-refractivity contribution in [2.75, 3.05) is 7.11 Å². The SMILES string of the molecule is COc1cccc2cc(C(=O)N=c3sc4ccccc4n3C)oc12. The molecule has 5 nitrogen and oxygen atoms in total. The molecular formula is C18H14N2O3S. The minimum atomic E-state index is -0.407. The van der Waals surface area contributed by atoms with Crippen LogP contribution in [0.5, 0.6) is 5.75 Å². The molecule has 0 aliphatic heterocycles. The molecule has 0 saturated carbocycles. The molecule has 2 aromatic carbocycles. The van der Waals surface area contributed by atoms with Gasteiger partial charge in [0.25, 0.3) is 0 Å². The van der Waals surface area contributed by atoms with E-state index < -0.39 is 5.91 Å². The van der Waals surface area contributed by atoms with Gasteiger partial charge in [-0.05, 0) is 24.3 Å². The molecule has 0 bridgehead atoms. The molecule has 0 aliphatic rings. The number of nitrogens with zero attached hydrogens (tertiary/aromatic N) is 2. The molecule has 2 aromatic heterocycles. The van der Waals surface area contributed by atoms with Crippen molar-refractivity contribution < 1.29 is 13.9 Å². The van der Waals surface area contributed by atoms with Gasteiger partial charge in [-0.2, -0.15) is 4.99 Å². The van der Waals surface area contributed by atoms with Crippen LogP contribution in [0.3, 0.4) is 0 Å². The van der Waals surface area contributed by atoms with Crippen LogP contribution in [0.4, 0.5) is 0 Å². The Labute approximate surface area is 141 Å². The van der Waals surface area contributed by atoms with Crippen LogP contribution in [-0.4, -0.2) is 17.6 Å². The number of hydrogen-bond donors (Lipinski definition) is 0. The Bertz CT molecular complexity index is 1130. The normalized spacial score (nSPS) is 12.2. The highest BCUT2D eigenvalue weighted by Gasteiger charge is 2.14. The van der Waals surface area contributed by atoms with Crippen LogP contribution in [0.1, 0.15) is 10.6 Å². The number of amides is 1.